The molecular formula is C26H25IN2O. The molecule has 1 N–H and O–H groups in total. The number of halogens is 1. The van der Waals surface area contributed by atoms with Gasteiger partial charge in [0.25, 0.3) is 0 Å². The Morgan fingerprint density at radius 1 is 1.00 bits per heavy atom. The largest absolute Gasteiger partial charge is 0.463 e. The van der Waals surface area contributed by atoms with Gasteiger partial charge >= 0.3 is 0 Å². The van der Waals surface area contributed by atoms with Gasteiger partial charge in [-0.2, -0.15) is 0 Å². The first-order valence-electron chi connectivity index (χ1n) is 10.2. The van der Waals surface area contributed by atoms with Crippen LogP contribution >= 0.6 is 22.6 Å². The number of rotatable bonds is 3. The molecule has 0 saturated carbocycles. The smallest absolute Gasteiger partial charge is 0.211 e. The number of benzene rings is 3. The van der Waals surface area contributed by atoms with Crippen molar-refractivity contribution in [3.05, 3.63) is 93.1 Å². The molecule has 152 valence electrons. The summed E-state index contributed by atoms with van der Waals surface area (Å²) in [7, 11) is 2.13. The summed E-state index contributed by atoms with van der Waals surface area (Å²) in [5, 5.41) is 3.58. The fraction of sp³-hybridized carbons (Fsp3) is 0.231. The molecule has 0 radical (unpaired) electrons. The van der Waals surface area contributed by atoms with E-state index in [9.17, 15) is 0 Å². The van der Waals surface area contributed by atoms with Crippen LogP contribution in [0.2, 0.25) is 0 Å². The second-order valence-electron chi connectivity index (χ2n) is 8.57. The predicted molar refractivity (Wildman–Crippen MR) is 133 cm³/mol. The van der Waals surface area contributed by atoms with Crippen molar-refractivity contribution in [2.45, 2.75) is 31.5 Å². The molecule has 30 heavy (non-hydrogen) atoms. The number of hydrogen-bond donors (Lipinski definition) is 1. The van der Waals surface area contributed by atoms with Crippen LogP contribution in [0.1, 0.15) is 30.5 Å². The molecule has 0 fully saturated rings. The summed E-state index contributed by atoms with van der Waals surface area (Å²) in [5.74, 6) is 0.938. The zero-order valence-corrected chi connectivity index (χ0v) is 19.6. The van der Waals surface area contributed by atoms with E-state index in [0.717, 1.165) is 23.5 Å². The molecule has 1 unspecified atom stereocenters. The quantitative estimate of drug-likeness (QED) is 0.413. The first-order chi connectivity index (χ1) is 14.4. The molecule has 3 nitrogen and oxygen atoms in total. The summed E-state index contributed by atoms with van der Waals surface area (Å²) in [6, 6.07) is 23.5. The van der Waals surface area contributed by atoms with Gasteiger partial charge < -0.3 is 15.0 Å². The van der Waals surface area contributed by atoms with Crippen molar-refractivity contribution >= 4 is 40.0 Å². The van der Waals surface area contributed by atoms with Crippen LogP contribution < -0.4 is 15.0 Å². The number of hydrogen-bond acceptors (Lipinski definition) is 3. The van der Waals surface area contributed by atoms with E-state index in [0.29, 0.717) is 0 Å². The van der Waals surface area contributed by atoms with Crippen molar-refractivity contribution < 1.29 is 4.74 Å². The number of fused-ring (bicyclic) bond motifs is 2. The predicted octanol–water partition coefficient (Wildman–Crippen LogP) is 6.43. The van der Waals surface area contributed by atoms with E-state index in [1.54, 1.807) is 0 Å². The molecule has 0 aliphatic carbocycles. The number of nitrogens with zero attached hydrogens (tertiary/aromatic N) is 1. The Kier molecular flexibility index (Phi) is 4.58. The topological polar surface area (TPSA) is 24.5 Å². The minimum absolute atomic E-state index is 0.224. The SMILES string of the molecule is CN1c2ccc(NCc3ccccc3)cc2C(C)(C)C12C=Cc1cc(I)ccc1O2. The summed E-state index contributed by atoms with van der Waals surface area (Å²) < 4.78 is 7.94. The first-order valence-corrected chi connectivity index (χ1v) is 11.3. The van der Waals surface area contributed by atoms with Crippen molar-refractivity contribution in [2.75, 3.05) is 17.3 Å². The zero-order chi connectivity index (χ0) is 20.9. The Hall–Kier alpha value is -2.47. The lowest BCUT2D eigenvalue weighted by molar-refractivity contribution is 0.0582. The van der Waals surface area contributed by atoms with E-state index in [4.69, 9.17) is 4.74 Å². The molecule has 0 aromatic heterocycles. The van der Waals surface area contributed by atoms with Gasteiger partial charge in [0.15, 0.2) is 0 Å². The highest BCUT2D eigenvalue weighted by Gasteiger charge is 2.57. The van der Waals surface area contributed by atoms with Crippen molar-refractivity contribution in [3.8, 4) is 5.75 Å². The van der Waals surface area contributed by atoms with Gasteiger partial charge in [0.2, 0.25) is 5.72 Å². The van der Waals surface area contributed by atoms with Gasteiger partial charge in [0.05, 0.1) is 5.41 Å². The van der Waals surface area contributed by atoms with Crippen molar-refractivity contribution in [1.82, 2.24) is 0 Å². The molecule has 5 rings (SSSR count). The van der Waals surface area contributed by atoms with Crippen LogP contribution in [0.25, 0.3) is 6.08 Å². The Bertz CT molecular complexity index is 1140. The monoisotopic (exact) mass is 508 g/mol. The summed E-state index contributed by atoms with van der Waals surface area (Å²) in [6.07, 6.45) is 4.43. The first kappa shape index (κ1) is 19.5. The fourth-order valence-electron chi connectivity index (χ4n) is 4.69. The van der Waals surface area contributed by atoms with Gasteiger partial charge in [-0.1, -0.05) is 30.3 Å². The zero-order valence-electron chi connectivity index (χ0n) is 17.4. The lowest BCUT2D eigenvalue weighted by Gasteiger charge is -2.45. The van der Waals surface area contributed by atoms with E-state index in [1.165, 1.54) is 20.4 Å². The lowest BCUT2D eigenvalue weighted by Crippen LogP contribution is -2.58. The van der Waals surface area contributed by atoms with Crippen LogP contribution in [0.15, 0.2) is 72.8 Å². The van der Waals surface area contributed by atoms with Gasteiger partial charge in [0.1, 0.15) is 5.75 Å². The Morgan fingerprint density at radius 2 is 1.80 bits per heavy atom. The van der Waals surface area contributed by atoms with E-state index in [1.807, 2.05) is 6.07 Å². The van der Waals surface area contributed by atoms with Crippen LogP contribution in [-0.2, 0) is 12.0 Å². The van der Waals surface area contributed by atoms with Crippen LogP contribution in [0, 0.1) is 3.57 Å². The van der Waals surface area contributed by atoms with Gasteiger partial charge in [0, 0.05) is 34.1 Å². The van der Waals surface area contributed by atoms with E-state index in [2.05, 4.69) is 127 Å². The van der Waals surface area contributed by atoms with Gasteiger partial charge in [-0.05, 0) is 96.1 Å². The molecule has 3 aromatic carbocycles. The third-order valence-electron chi connectivity index (χ3n) is 6.49. The van der Waals surface area contributed by atoms with Crippen LogP contribution in [0.5, 0.6) is 5.75 Å². The maximum atomic E-state index is 6.73. The van der Waals surface area contributed by atoms with Crippen LogP contribution in [0.4, 0.5) is 11.4 Å². The fourth-order valence-corrected chi connectivity index (χ4v) is 5.21. The number of anilines is 2. The van der Waals surface area contributed by atoms with Gasteiger partial charge in [-0.3, -0.25) is 0 Å². The average Bonchev–Trinajstić information content (AvgIpc) is 2.91. The maximum absolute atomic E-state index is 6.73. The standard InChI is InChI=1S/C26H25IN2O/c1-25(2)22-16-21(28-17-18-7-5-4-6-8-18)10-11-23(22)29(3)26(25)14-13-19-15-20(27)9-12-24(19)30-26/h4-16,28H,17H2,1-3H3. The van der Waals surface area contributed by atoms with Crippen molar-refractivity contribution in [2.24, 2.45) is 0 Å². The minimum atomic E-state index is -0.548. The van der Waals surface area contributed by atoms with E-state index >= 15 is 0 Å². The Labute approximate surface area is 191 Å². The highest BCUT2D eigenvalue weighted by atomic mass is 127. The van der Waals surface area contributed by atoms with Gasteiger partial charge in [-0.25, -0.2) is 0 Å². The molecule has 1 spiro atoms. The second-order valence-corrected chi connectivity index (χ2v) is 9.81. The van der Waals surface area contributed by atoms with E-state index in [-0.39, 0.29) is 5.41 Å². The van der Waals surface area contributed by atoms with E-state index < -0.39 is 5.72 Å². The lowest BCUT2D eigenvalue weighted by atomic mass is 9.76. The summed E-state index contributed by atoms with van der Waals surface area (Å²) in [5.41, 5.74) is 5.27. The van der Waals surface area contributed by atoms with Crippen LogP contribution in [-0.4, -0.2) is 12.8 Å². The number of likely N-dealkylation sites (N-methyl/N-ethyl adjacent to an activating group) is 1. The highest BCUT2D eigenvalue weighted by molar-refractivity contribution is 14.1. The third kappa shape index (κ3) is 2.92. The molecule has 2 aliphatic heterocycles. The molecule has 0 bridgehead atoms. The van der Waals surface area contributed by atoms with Crippen LogP contribution in [0.3, 0.4) is 0 Å². The molecule has 3 aromatic rings. The Balaban J connectivity index is 1.48. The number of nitrogens with one attached hydrogen (secondary N) is 1. The second kappa shape index (κ2) is 7.05. The molecule has 0 saturated heterocycles. The minimum Gasteiger partial charge on any atom is -0.463 e. The summed E-state index contributed by atoms with van der Waals surface area (Å²) in [6.45, 7) is 5.36. The van der Waals surface area contributed by atoms with Crippen molar-refractivity contribution in [3.63, 3.8) is 0 Å². The Morgan fingerprint density at radius 3 is 2.60 bits per heavy atom. The molecular weight excluding hydrogens is 483 g/mol. The normalized spacial score (nSPS) is 20.6. The number of ether oxygens (including phenoxy) is 1. The summed E-state index contributed by atoms with van der Waals surface area (Å²) in [4.78, 5) is 2.28. The molecule has 4 heteroatoms. The molecule has 0 amide bonds. The molecule has 2 heterocycles. The molecule has 2 aliphatic rings. The average molecular weight is 508 g/mol. The van der Waals surface area contributed by atoms with Gasteiger partial charge in [-0.15, -0.1) is 0 Å². The maximum Gasteiger partial charge on any atom is 0.211 e. The molecule has 1 atom stereocenters. The highest BCUT2D eigenvalue weighted by Crippen LogP contribution is 2.54. The summed E-state index contributed by atoms with van der Waals surface area (Å²) >= 11 is 2.35. The van der Waals surface area contributed by atoms with Crippen molar-refractivity contribution in [1.29, 1.82) is 0 Å². The third-order valence-corrected chi connectivity index (χ3v) is 7.16.